The number of nitrogens with one attached hydrogen (secondary N) is 2. The molecule has 1 saturated heterocycles. The number of unbranched alkanes of at least 4 members (excludes halogenated alkanes) is 4. The van der Waals surface area contributed by atoms with E-state index in [1.807, 2.05) is 0 Å². The fourth-order valence-electron chi connectivity index (χ4n) is 4.52. The maximum Gasteiger partial charge on any atom is 0.0697 e. The Balaban J connectivity index is 2.36. The molecule has 0 aromatic carbocycles. The molecular weight excluding hydrogens is 440 g/mol. The van der Waals surface area contributed by atoms with E-state index in [0.29, 0.717) is 20.9 Å². The largest absolute Gasteiger partial charge is 0.314 e. The quantitative estimate of drug-likeness (QED) is 0.220. The second kappa shape index (κ2) is 12.4. The Morgan fingerprint density at radius 1 is 0.840 bits per heavy atom. The number of piperidine rings is 1. The average Bonchev–Trinajstić information content (AvgIpc) is 2.63. The zero-order valence-electron chi connectivity index (χ0n) is 17.1. The molecule has 1 fully saturated rings. The second-order valence-corrected chi connectivity index (χ2v) is 11.5. The zero-order valence-corrected chi connectivity index (χ0v) is 20.3. The van der Waals surface area contributed by atoms with Gasteiger partial charge in [-0.25, -0.2) is 0 Å². The van der Waals surface area contributed by atoms with Gasteiger partial charge in [0.15, 0.2) is 0 Å². The molecule has 1 rings (SSSR count). The van der Waals surface area contributed by atoms with E-state index in [-0.39, 0.29) is 0 Å². The minimum absolute atomic E-state index is 0.337. The molecule has 1 aliphatic heterocycles. The fourth-order valence-corrected chi connectivity index (χ4v) is 5.16. The fraction of sp³-hybridized carbons (Fsp3) is 1.00. The predicted octanol–water partition coefficient (Wildman–Crippen LogP) is 6.90. The van der Waals surface area contributed by atoms with Gasteiger partial charge in [-0.15, -0.1) is 0 Å². The Labute approximate surface area is 174 Å². The normalized spacial score (nSPS) is 20.3. The van der Waals surface area contributed by atoms with Crippen molar-refractivity contribution in [1.82, 2.24) is 10.6 Å². The number of hydrogen-bond acceptors (Lipinski definition) is 2. The van der Waals surface area contributed by atoms with Crippen LogP contribution in [-0.2, 0) is 0 Å². The van der Waals surface area contributed by atoms with Gasteiger partial charge in [-0.1, -0.05) is 85.2 Å². The van der Waals surface area contributed by atoms with E-state index < -0.39 is 0 Å². The van der Waals surface area contributed by atoms with Crippen LogP contribution < -0.4 is 10.6 Å². The van der Waals surface area contributed by atoms with Crippen molar-refractivity contribution in [2.24, 2.45) is 0 Å². The highest BCUT2D eigenvalue weighted by Crippen LogP contribution is 2.37. The lowest BCUT2D eigenvalue weighted by Gasteiger charge is -2.52. The Kier molecular flexibility index (Phi) is 11.8. The first-order valence-electron chi connectivity index (χ1n) is 10.8. The van der Waals surface area contributed by atoms with Gasteiger partial charge in [0.05, 0.1) is 3.74 Å². The third-order valence-corrected chi connectivity index (χ3v) is 7.46. The van der Waals surface area contributed by atoms with E-state index in [4.69, 9.17) is 0 Å². The van der Waals surface area contributed by atoms with Crippen LogP contribution in [0.5, 0.6) is 0 Å². The van der Waals surface area contributed by atoms with Crippen LogP contribution in [0, 0.1) is 0 Å². The van der Waals surface area contributed by atoms with Crippen molar-refractivity contribution in [3.05, 3.63) is 0 Å². The van der Waals surface area contributed by atoms with Gasteiger partial charge in [-0.05, 0) is 57.9 Å². The zero-order chi connectivity index (χ0) is 18.8. The van der Waals surface area contributed by atoms with Crippen molar-refractivity contribution < 1.29 is 0 Å². The van der Waals surface area contributed by atoms with Crippen LogP contribution in [0.4, 0.5) is 0 Å². The van der Waals surface area contributed by atoms with Gasteiger partial charge in [0.25, 0.3) is 0 Å². The van der Waals surface area contributed by atoms with Gasteiger partial charge in [0.2, 0.25) is 0 Å². The Bertz CT molecular complexity index is 319. The summed E-state index contributed by atoms with van der Waals surface area (Å²) >= 11 is 7.11. The monoisotopic (exact) mass is 480 g/mol. The standard InChI is InChI=1S/C21H42Br2N2/c1-5-20(6-2)16-18(17-21(7-3,8-4)25-20)24-15-13-11-9-10-12-14-19(22)23/h18-19,24-25H,5-17H2,1-4H3. The van der Waals surface area contributed by atoms with Crippen LogP contribution >= 0.6 is 31.9 Å². The summed E-state index contributed by atoms with van der Waals surface area (Å²) < 4.78 is 0.497. The first-order chi connectivity index (χ1) is 11.9. The van der Waals surface area contributed by atoms with Gasteiger partial charge in [0, 0.05) is 17.1 Å². The van der Waals surface area contributed by atoms with E-state index in [1.165, 1.54) is 83.6 Å². The van der Waals surface area contributed by atoms with Crippen molar-refractivity contribution in [3.8, 4) is 0 Å². The summed E-state index contributed by atoms with van der Waals surface area (Å²) in [5.41, 5.74) is 0.674. The van der Waals surface area contributed by atoms with Crippen molar-refractivity contribution in [3.63, 3.8) is 0 Å². The van der Waals surface area contributed by atoms with Crippen LogP contribution in [0.25, 0.3) is 0 Å². The van der Waals surface area contributed by atoms with Gasteiger partial charge < -0.3 is 10.6 Å². The number of rotatable bonds is 13. The summed E-state index contributed by atoms with van der Waals surface area (Å²) in [7, 11) is 0. The van der Waals surface area contributed by atoms with Gasteiger partial charge in [0.1, 0.15) is 0 Å². The molecule has 150 valence electrons. The maximum atomic E-state index is 4.10. The number of alkyl halides is 2. The lowest BCUT2D eigenvalue weighted by molar-refractivity contribution is 0.0839. The first-order valence-corrected chi connectivity index (χ1v) is 12.6. The second-order valence-electron chi connectivity index (χ2n) is 8.11. The van der Waals surface area contributed by atoms with Gasteiger partial charge >= 0.3 is 0 Å². The molecular formula is C21H42Br2N2. The molecule has 0 atom stereocenters. The Morgan fingerprint density at radius 2 is 1.32 bits per heavy atom. The molecule has 0 aliphatic carbocycles. The van der Waals surface area contributed by atoms with Crippen LogP contribution in [0.1, 0.15) is 105 Å². The summed E-state index contributed by atoms with van der Waals surface area (Å²) in [6.45, 7) is 10.6. The molecule has 0 saturated carbocycles. The lowest BCUT2D eigenvalue weighted by atomic mass is 9.71. The molecule has 2 nitrogen and oxygen atoms in total. The van der Waals surface area contributed by atoms with E-state index in [1.54, 1.807) is 0 Å². The van der Waals surface area contributed by atoms with Crippen LogP contribution in [-0.4, -0.2) is 27.4 Å². The van der Waals surface area contributed by atoms with E-state index in [0.717, 1.165) is 0 Å². The molecule has 25 heavy (non-hydrogen) atoms. The molecule has 1 heterocycles. The predicted molar refractivity (Wildman–Crippen MR) is 120 cm³/mol. The van der Waals surface area contributed by atoms with Gasteiger partial charge in [-0.2, -0.15) is 0 Å². The molecule has 4 heteroatoms. The van der Waals surface area contributed by atoms with Crippen molar-refractivity contribution in [2.75, 3.05) is 6.54 Å². The molecule has 0 aromatic heterocycles. The molecule has 0 spiro atoms. The smallest absolute Gasteiger partial charge is 0.0697 e. The molecule has 0 unspecified atom stereocenters. The van der Waals surface area contributed by atoms with Crippen LogP contribution in [0.15, 0.2) is 0 Å². The summed E-state index contributed by atoms with van der Waals surface area (Å²) in [5, 5.41) is 8.02. The summed E-state index contributed by atoms with van der Waals surface area (Å²) in [4.78, 5) is 0. The van der Waals surface area contributed by atoms with E-state index >= 15 is 0 Å². The molecule has 2 N–H and O–H groups in total. The molecule has 0 aromatic rings. The van der Waals surface area contributed by atoms with Crippen molar-refractivity contribution in [1.29, 1.82) is 0 Å². The SMILES string of the molecule is CCC1(CC)CC(NCCCCCCCC(Br)Br)CC(CC)(CC)N1. The molecule has 0 bridgehead atoms. The lowest BCUT2D eigenvalue weighted by Crippen LogP contribution is -2.65. The highest BCUT2D eigenvalue weighted by molar-refractivity contribution is 9.24. The van der Waals surface area contributed by atoms with Crippen LogP contribution in [0.2, 0.25) is 0 Å². The topological polar surface area (TPSA) is 24.1 Å². The van der Waals surface area contributed by atoms with Crippen LogP contribution in [0.3, 0.4) is 0 Å². The molecule has 0 amide bonds. The van der Waals surface area contributed by atoms with Crippen molar-refractivity contribution in [2.45, 2.75) is 126 Å². The average molecular weight is 482 g/mol. The summed E-state index contributed by atoms with van der Waals surface area (Å²) in [5.74, 6) is 0. The minimum Gasteiger partial charge on any atom is -0.314 e. The third kappa shape index (κ3) is 8.19. The summed E-state index contributed by atoms with van der Waals surface area (Å²) in [6, 6.07) is 0.684. The number of hydrogen-bond donors (Lipinski definition) is 2. The Morgan fingerprint density at radius 3 is 1.80 bits per heavy atom. The summed E-state index contributed by atoms with van der Waals surface area (Å²) in [6.07, 6.45) is 15.5. The third-order valence-electron chi connectivity index (χ3n) is 6.54. The molecule has 1 aliphatic rings. The van der Waals surface area contributed by atoms with E-state index in [2.05, 4.69) is 70.2 Å². The highest BCUT2D eigenvalue weighted by atomic mass is 79.9. The minimum atomic E-state index is 0.337. The Hall–Kier alpha value is 0.880. The first kappa shape index (κ1) is 23.9. The molecule has 0 radical (unpaired) electrons. The van der Waals surface area contributed by atoms with Gasteiger partial charge in [-0.3, -0.25) is 0 Å². The highest BCUT2D eigenvalue weighted by Gasteiger charge is 2.43. The van der Waals surface area contributed by atoms with E-state index in [9.17, 15) is 0 Å². The maximum absolute atomic E-state index is 4.10. The van der Waals surface area contributed by atoms with Crippen molar-refractivity contribution >= 4 is 31.9 Å². The number of halogens is 2.